The molecule has 1 fully saturated rings. The van der Waals surface area contributed by atoms with E-state index in [-0.39, 0.29) is 0 Å². The van der Waals surface area contributed by atoms with E-state index in [1.165, 1.54) is 38.6 Å². The fourth-order valence-electron chi connectivity index (χ4n) is 2.54. The van der Waals surface area contributed by atoms with Gasteiger partial charge in [-0.2, -0.15) is 0 Å². The van der Waals surface area contributed by atoms with Crippen LogP contribution in [0.2, 0.25) is 0 Å². The van der Waals surface area contributed by atoms with Crippen LogP contribution in [0.1, 0.15) is 46.0 Å². The minimum Gasteiger partial charge on any atom is -0.393 e. The summed E-state index contributed by atoms with van der Waals surface area (Å²) in [6, 6.07) is 0. The van der Waals surface area contributed by atoms with Crippen LogP contribution in [-0.2, 0) is 0 Å². The van der Waals surface area contributed by atoms with Crippen molar-refractivity contribution >= 4 is 17.2 Å². The predicted octanol–water partition coefficient (Wildman–Crippen LogP) is 2.81. The molecule has 0 aromatic rings. The molecule has 0 heterocycles. The predicted molar refractivity (Wildman–Crippen MR) is 74.6 cm³/mol. The molecule has 0 saturated heterocycles. The summed E-state index contributed by atoms with van der Waals surface area (Å²) in [4.78, 5) is 3.17. The summed E-state index contributed by atoms with van der Waals surface area (Å²) in [6.07, 6.45) is 7.11. The lowest BCUT2D eigenvalue weighted by atomic mass is 9.89. The normalized spacial score (nSPS) is 19.9. The van der Waals surface area contributed by atoms with Gasteiger partial charge in [-0.05, 0) is 25.3 Å². The summed E-state index contributed by atoms with van der Waals surface area (Å²) in [5.41, 5.74) is 5.68. The number of nitrogens with zero attached hydrogens (tertiary/aromatic N) is 1. The van der Waals surface area contributed by atoms with E-state index in [0.717, 1.165) is 19.0 Å². The number of rotatable bonds is 6. The SMILES string of the molecule is CCN(CC1CCCCC1)CC(C)C(N)=S. The summed E-state index contributed by atoms with van der Waals surface area (Å²) in [5, 5.41) is 0. The van der Waals surface area contributed by atoms with E-state index in [9.17, 15) is 0 Å². The van der Waals surface area contributed by atoms with Crippen LogP contribution in [0.3, 0.4) is 0 Å². The molecule has 1 aliphatic carbocycles. The molecule has 0 amide bonds. The van der Waals surface area contributed by atoms with E-state index in [4.69, 9.17) is 18.0 Å². The highest BCUT2D eigenvalue weighted by atomic mass is 32.1. The summed E-state index contributed by atoms with van der Waals surface area (Å²) >= 11 is 5.04. The van der Waals surface area contributed by atoms with Gasteiger partial charge in [-0.25, -0.2) is 0 Å². The molecule has 1 aliphatic rings. The van der Waals surface area contributed by atoms with Crippen LogP contribution in [-0.4, -0.2) is 29.5 Å². The van der Waals surface area contributed by atoms with E-state index >= 15 is 0 Å². The standard InChI is InChI=1S/C13H26N2S/c1-3-15(9-11(2)13(14)16)10-12-7-5-4-6-8-12/h11-12H,3-10H2,1-2H3,(H2,14,16). The third-order valence-corrected chi connectivity index (χ3v) is 4.11. The Hall–Kier alpha value is -0.150. The van der Waals surface area contributed by atoms with Crippen LogP contribution in [0.4, 0.5) is 0 Å². The van der Waals surface area contributed by atoms with Crippen LogP contribution in [0.15, 0.2) is 0 Å². The Labute approximate surface area is 106 Å². The van der Waals surface area contributed by atoms with Gasteiger partial charge in [0.15, 0.2) is 0 Å². The minimum atomic E-state index is 0.346. The quantitative estimate of drug-likeness (QED) is 0.726. The van der Waals surface area contributed by atoms with Gasteiger partial charge >= 0.3 is 0 Å². The van der Waals surface area contributed by atoms with Crippen molar-refractivity contribution in [2.45, 2.75) is 46.0 Å². The maximum absolute atomic E-state index is 5.68. The van der Waals surface area contributed by atoms with Gasteiger partial charge < -0.3 is 10.6 Å². The molecule has 2 nitrogen and oxygen atoms in total. The summed E-state index contributed by atoms with van der Waals surface area (Å²) in [7, 11) is 0. The van der Waals surface area contributed by atoms with Gasteiger partial charge in [-0.15, -0.1) is 0 Å². The Morgan fingerprint density at radius 1 is 1.38 bits per heavy atom. The van der Waals surface area contributed by atoms with Crippen LogP contribution >= 0.6 is 12.2 Å². The lowest BCUT2D eigenvalue weighted by molar-refractivity contribution is 0.200. The zero-order valence-corrected chi connectivity index (χ0v) is 11.6. The number of hydrogen-bond donors (Lipinski definition) is 1. The Morgan fingerprint density at radius 2 is 2.00 bits per heavy atom. The van der Waals surface area contributed by atoms with Crippen molar-refractivity contribution in [3.63, 3.8) is 0 Å². The molecule has 0 aromatic carbocycles. The molecule has 1 rings (SSSR count). The van der Waals surface area contributed by atoms with Gasteiger partial charge in [0, 0.05) is 19.0 Å². The van der Waals surface area contributed by atoms with Gasteiger partial charge in [-0.3, -0.25) is 0 Å². The van der Waals surface area contributed by atoms with E-state index in [1.807, 2.05) is 0 Å². The first-order chi connectivity index (χ1) is 7.63. The highest BCUT2D eigenvalue weighted by molar-refractivity contribution is 7.80. The molecule has 1 atom stereocenters. The van der Waals surface area contributed by atoms with Crippen molar-refractivity contribution in [3.8, 4) is 0 Å². The Kier molecular flexibility index (Phi) is 6.29. The first kappa shape index (κ1) is 13.9. The lowest BCUT2D eigenvalue weighted by Crippen LogP contribution is -2.37. The van der Waals surface area contributed by atoms with Gasteiger partial charge in [-0.1, -0.05) is 45.3 Å². The van der Waals surface area contributed by atoms with Crippen molar-refractivity contribution in [2.75, 3.05) is 19.6 Å². The molecule has 0 bridgehead atoms. The number of nitrogens with two attached hydrogens (primary N) is 1. The first-order valence-corrected chi connectivity index (χ1v) is 7.06. The van der Waals surface area contributed by atoms with Crippen molar-refractivity contribution in [3.05, 3.63) is 0 Å². The van der Waals surface area contributed by atoms with Crippen LogP contribution in [0, 0.1) is 11.8 Å². The zero-order valence-electron chi connectivity index (χ0n) is 10.7. The molecule has 2 N–H and O–H groups in total. The Balaban J connectivity index is 2.32. The number of hydrogen-bond acceptors (Lipinski definition) is 2. The largest absolute Gasteiger partial charge is 0.393 e. The second kappa shape index (κ2) is 7.23. The highest BCUT2D eigenvalue weighted by Gasteiger charge is 2.18. The van der Waals surface area contributed by atoms with E-state index < -0.39 is 0 Å². The van der Waals surface area contributed by atoms with E-state index in [1.54, 1.807) is 0 Å². The molecule has 94 valence electrons. The first-order valence-electron chi connectivity index (χ1n) is 6.65. The third kappa shape index (κ3) is 4.79. The molecule has 3 heteroatoms. The van der Waals surface area contributed by atoms with E-state index in [0.29, 0.717) is 10.9 Å². The average molecular weight is 242 g/mol. The van der Waals surface area contributed by atoms with Crippen molar-refractivity contribution in [2.24, 2.45) is 17.6 Å². The molecule has 0 aliphatic heterocycles. The lowest BCUT2D eigenvalue weighted by Gasteiger charge is -2.30. The van der Waals surface area contributed by atoms with Gasteiger partial charge in [0.2, 0.25) is 0 Å². The van der Waals surface area contributed by atoms with Crippen LogP contribution in [0.5, 0.6) is 0 Å². The second-order valence-corrected chi connectivity index (χ2v) is 5.63. The van der Waals surface area contributed by atoms with Crippen molar-refractivity contribution < 1.29 is 0 Å². The highest BCUT2D eigenvalue weighted by Crippen LogP contribution is 2.24. The van der Waals surface area contributed by atoms with Crippen LogP contribution in [0.25, 0.3) is 0 Å². The molecular formula is C13H26N2S. The summed E-state index contributed by atoms with van der Waals surface area (Å²) in [5.74, 6) is 1.26. The molecule has 1 saturated carbocycles. The topological polar surface area (TPSA) is 29.3 Å². The third-order valence-electron chi connectivity index (χ3n) is 3.71. The number of thiocarbonyl (C=S) groups is 1. The maximum atomic E-state index is 5.68. The van der Waals surface area contributed by atoms with Gasteiger partial charge in [0.05, 0.1) is 4.99 Å². The van der Waals surface area contributed by atoms with Crippen LogP contribution < -0.4 is 5.73 Å². The molecule has 0 radical (unpaired) electrons. The van der Waals surface area contributed by atoms with Gasteiger partial charge in [0.25, 0.3) is 0 Å². The Morgan fingerprint density at radius 3 is 2.50 bits per heavy atom. The zero-order chi connectivity index (χ0) is 12.0. The summed E-state index contributed by atoms with van der Waals surface area (Å²) in [6.45, 7) is 7.75. The molecule has 0 aromatic heterocycles. The molecular weight excluding hydrogens is 216 g/mol. The fourth-order valence-corrected chi connectivity index (χ4v) is 2.62. The second-order valence-electron chi connectivity index (χ2n) is 5.16. The Bertz CT molecular complexity index is 212. The minimum absolute atomic E-state index is 0.346. The van der Waals surface area contributed by atoms with E-state index in [2.05, 4.69) is 18.7 Å². The smallest absolute Gasteiger partial charge is 0.0768 e. The van der Waals surface area contributed by atoms with Crippen molar-refractivity contribution in [1.82, 2.24) is 4.90 Å². The molecule has 16 heavy (non-hydrogen) atoms. The maximum Gasteiger partial charge on any atom is 0.0768 e. The molecule has 0 spiro atoms. The molecule has 1 unspecified atom stereocenters. The monoisotopic (exact) mass is 242 g/mol. The average Bonchev–Trinajstić information content (AvgIpc) is 2.29. The summed E-state index contributed by atoms with van der Waals surface area (Å²) < 4.78 is 0. The van der Waals surface area contributed by atoms with Crippen molar-refractivity contribution in [1.29, 1.82) is 0 Å². The van der Waals surface area contributed by atoms with Gasteiger partial charge in [0.1, 0.15) is 0 Å². The fraction of sp³-hybridized carbons (Fsp3) is 0.923.